The summed E-state index contributed by atoms with van der Waals surface area (Å²) in [6.07, 6.45) is 5.27. The predicted molar refractivity (Wildman–Crippen MR) is 64.3 cm³/mol. The number of fused-ring (bicyclic) bond motifs is 1. The van der Waals surface area contributed by atoms with Gasteiger partial charge in [0.15, 0.2) is 0 Å². The number of hydrogen-bond donors (Lipinski definition) is 1. The van der Waals surface area contributed by atoms with E-state index in [2.05, 4.69) is 12.1 Å². The largest absolute Gasteiger partial charge is 0.496 e. The van der Waals surface area contributed by atoms with Crippen LogP contribution in [0.2, 0.25) is 0 Å². The van der Waals surface area contributed by atoms with Gasteiger partial charge in [0.05, 0.1) is 12.6 Å². The van der Waals surface area contributed by atoms with Gasteiger partial charge in [0.1, 0.15) is 5.75 Å². The van der Waals surface area contributed by atoms with Crippen LogP contribution >= 0.6 is 0 Å². The highest BCUT2D eigenvalue weighted by molar-refractivity contribution is 5.45. The Hall–Kier alpha value is -1.02. The summed E-state index contributed by atoms with van der Waals surface area (Å²) in [4.78, 5) is 0. The van der Waals surface area contributed by atoms with Crippen LogP contribution in [0.5, 0.6) is 5.75 Å². The van der Waals surface area contributed by atoms with Crippen molar-refractivity contribution in [1.82, 2.24) is 0 Å². The standard InChI is InChI=1S/C14H19NO/c1-16-13-9-5-4-8-12(13)14(15)10-6-2-3-7-11(10)14/h4-5,8-11H,2-3,6-7,15H2,1H3. The van der Waals surface area contributed by atoms with Gasteiger partial charge in [-0.2, -0.15) is 0 Å². The molecule has 3 rings (SSSR count). The quantitative estimate of drug-likeness (QED) is 0.826. The van der Waals surface area contributed by atoms with Crippen molar-refractivity contribution in [3.05, 3.63) is 29.8 Å². The van der Waals surface area contributed by atoms with Crippen LogP contribution in [0, 0.1) is 11.8 Å². The normalized spacial score (nSPS) is 36.6. The fourth-order valence-electron chi connectivity index (χ4n) is 3.57. The number of para-hydroxylation sites is 1. The van der Waals surface area contributed by atoms with Gasteiger partial charge in [-0.15, -0.1) is 0 Å². The van der Waals surface area contributed by atoms with Gasteiger partial charge in [-0.3, -0.25) is 0 Å². The lowest BCUT2D eigenvalue weighted by Gasteiger charge is -2.16. The van der Waals surface area contributed by atoms with Gasteiger partial charge < -0.3 is 10.5 Å². The number of methoxy groups -OCH3 is 1. The molecule has 0 spiro atoms. The summed E-state index contributed by atoms with van der Waals surface area (Å²) in [5.41, 5.74) is 7.74. The summed E-state index contributed by atoms with van der Waals surface area (Å²) in [7, 11) is 1.73. The predicted octanol–water partition coefficient (Wildman–Crippen LogP) is 2.67. The highest BCUT2D eigenvalue weighted by Gasteiger charge is 2.63. The molecular formula is C14H19NO. The van der Waals surface area contributed by atoms with Gasteiger partial charge in [-0.1, -0.05) is 31.0 Å². The van der Waals surface area contributed by atoms with Crippen molar-refractivity contribution in [2.45, 2.75) is 31.2 Å². The monoisotopic (exact) mass is 217 g/mol. The first-order valence-electron chi connectivity index (χ1n) is 6.21. The minimum absolute atomic E-state index is 0.0941. The van der Waals surface area contributed by atoms with Crippen LogP contribution in [0.25, 0.3) is 0 Å². The Labute approximate surface area is 96.8 Å². The fourth-order valence-corrected chi connectivity index (χ4v) is 3.57. The Morgan fingerprint density at radius 3 is 2.44 bits per heavy atom. The third-order valence-electron chi connectivity index (χ3n) is 4.46. The maximum Gasteiger partial charge on any atom is 0.123 e. The highest BCUT2D eigenvalue weighted by Crippen LogP contribution is 2.63. The second kappa shape index (κ2) is 3.49. The van der Waals surface area contributed by atoms with Crippen molar-refractivity contribution in [2.24, 2.45) is 17.6 Å². The molecule has 2 heteroatoms. The average Bonchev–Trinajstić information content (AvgIpc) is 2.97. The molecule has 86 valence electrons. The topological polar surface area (TPSA) is 35.2 Å². The van der Waals surface area contributed by atoms with E-state index in [-0.39, 0.29) is 5.54 Å². The summed E-state index contributed by atoms with van der Waals surface area (Å²) in [5, 5.41) is 0. The summed E-state index contributed by atoms with van der Waals surface area (Å²) in [5.74, 6) is 2.34. The molecule has 1 aromatic carbocycles. The molecule has 0 aliphatic heterocycles. The van der Waals surface area contributed by atoms with Gasteiger partial charge in [0.25, 0.3) is 0 Å². The molecule has 0 bridgehead atoms. The van der Waals surface area contributed by atoms with E-state index in [4.69, 9.17) is 10.5 Å². The van der Waals surface area contributed by atoms with Crippen molar-refractivity contribution in [3.63, 3.8) is 0 Å². The first-order valence-corrected chi connectivity index (χ1v) is 6.21. The fraction of sp³-hybridized carbons (Fsp3) is 0.571. The SMILES string of the molecule is COc1ccccc1C1(N)C2CCCCC21. The molecule has 0 saturated heterocycles. The lowest BCUT2D eigenvalue weighted by atomic mass is 10.0. The lowest BCUT2D eigenvalue weighted by molar-refractivity contribution is 0.400. The number of nitrogens with two attached hydrogens (primary N) is 1. The molecule has 0 aromatic heterocycles. The van der Waals surface area contributed by atoms with Crippen molar-refractivity contribution in [1.29, 1.82) is 0 Å². The second-order valence-electron chi connectivity index (χ2n) is 5.13. The molecule has 0 radical (unpaired) electrons. The molecule has 2 saturated carbocycles. The Morgan fingerprint density at radius 1 is 1.19 bits per heavy atom. The van der Waals surface area contributed by atoms with Crippen molar-refractivity contribution in [2.75, 3.05) is 7.11 Å². The molecule has 2 aliphatic rings. The summed E-state index contributed by atoms with van der Waals surface area (Å²) < 4.78 is 5.44. The molecule has 2 nitrogen and oxygen atoms in total. The van der Waals surface area contributed by atoms with E-state index in [0.717, 1.165) is 5.75 Å². The Kier molecular flexibility index (Phi) is 2.21. The van der Waals surface area contributed by atoms with Crippen LogP contribution in [-0.2, 0) is 5.54 Å². The zero-order chi connectivity index (χ0) is 11.2. The maximum atomic E-state index is 6.61. The van der Waals surface area contributed by atoms with Crippen LogP contribution < -0.4 is 10.5 Å². The van der Waals surface area contributed by atoms with E-state index in [9.17, 15) is 0 Å². The molecule has 2 atom stereocenters. The smallest absolute Gasteiger partial charge is 0.123 e. The third-order valence-corrected chi connectivity index (χ3v) is 4.46. The Morgan fingerprint density at radius 2 is 1.81 bits per heavy atom. The number of rotatable bonds is 2. The van der Waals surface area contributed by atoms with Crippen molar-refractivity contribution >= 4 is 0 Å². The molecule has 0 heterocycles. The minimum Gasteiger partial charge on any atom is -0.496 e. The Bertz CT molecular complexity index is 389. The zero-order valence-corrected chi connectivity index (χ0v) is 9.78. The molecule has 2 fully saturated rings. The highest BCUT2D eigenvalue weighted by atomic mass is 16.5. The summed E-state index contributed by atoms with van der Waals surface area (Å²) in [6, 6.07) is 8.24. The van der Waals surface area contributed by atoms with Gasteiger partial charge in [-0.25, -0.2) is 0 Å². The van der Waals surface area contributed by atoms with Crippen molar-refractivity contribution in [3.8, 4) is 5.75 Å². The molecular weight excluding hydrogens is 198 g/mol. The Balaban J connectivity index is 1.98. The van der Waals surface area contributed by atoms with E-state index >= 15 is 0 Å². The van der Waals surface area contributed by atoms with Crippen LogP contribution in [0.4, 0.5) is 0 Å². The maximum absolute atomic E-state index is 6.61. The second-order valence-corrected chi connectivity index (χ2v) is 5.13. The number of benzene rings is 1. The van der Waals surface area contributed by atoms with Crippen LogP contribution in [0.3, 0.4) is 0 Å². The van der Waals surface area contributed by atoms with E-state index < -0.39 is 0 Å². The summed E-state index contributed by atoms with van der Waals surface area (Å²) in [6.45, 7) is 0. The summed E-state index contributed by atoms with van der Waals surface area (Å²) >= 11 is 0. The first-order chi connectivity index (χ1) is 7.78. The van der Waals surface area contributed by atoms with Gasteiger partial charge >= 0.3 is 0 Å². The van der Waals surface area contributed by atoms with Crippen molar-refractivity contribution < 1.29 is 4.74 Å². The van der Waals surface area contributed by atoms with E-state index in [0.29, 0.717) is 11.8 Å². The van der Waals surface area contributed by atoms with Gasteiger partial charge in [0.2, 0.25) is 0 Å². The van der Waals surface area contributed by atoms with E-state index in [1.807, 2.05) is 12.1 Å². The molecule has 2 aliphatic carbocycles. The van der Waals surface area contributed by atoms with E-state index in [1.165, 1.54) is 31.2 Å². The van der Waals surface area contributed by atoms with Gasteiger partial charge in [0, 0.05) is 5.56 Å². The third kappa shape index (κ3) is 1.23. The van der Waals surface area contributed by atoms with Gasteiger partial charge in [-0.05, 0) is 30.7 Å². The van der Waals surface area contributed by atoms with Crippen LogP contribution in [-0.4, -0.2) is 7.11 Å². The molecule has 2 unspecified atom stereocenters. The molecule has 16 heavy (non-hydrogen) atoms. The molecule has 2 N–H and O–H groups in total. The minimum atomic E-state index is -0.0941. The first kappa shape index (κ1) is 10.2. The van der Waals surface area contributed by atoms with Crippen LogP contribution in [0.1, 0.15) is 31.2 Å². The zero-order valence-electron chi connectivity index (χ0n) is 9.78. The number of hydrogen-bond acceptors (Lipinski definition) is 2. The molecule has 0 amide bonds. The number of ether oxygens (including phenoxy) is 1. The molecule has 1 aromatic rings. The lowest BCUT2D eigenvalue weighted by Crippen LogP contribution is -2.24. The average molecular weight is 217 g/mol. The van der Waals surface area contributed by atoms with E-state index in [1.54, 1.807) is 7.11 Å². The van der Waals surface area contributed by atoms with Crippen LogP contribution in [0.15, 0.2) is 24.3 Å².